The molecule has 1 aromatic rings. The standard InChI is InChI=1S/C13H15NO4/c1-8-4-5-9(13(16)17)7-10(8)14-12(15)11-3-2-6-18-11/h4-5,7,11H,2-3,6H2,1H3,(H,14,15)(H,16,17)/p-1/t11-/m1/s1. The highest BCUT2D eigenvalue weighted by molar-refractivity contribution is 5.96. The molecule has 18 heavy (non-hydrogen) atoms. The number of nitrogens with one attached hydrogen (secondary N) is 1. The summed E-state index contributed by atoms with van der Waals surface area (Å²) in [6.45, 7) is 2.39. The van der Waals surface area contributed by atoms with Gasteiger partial charge in [0, 0.05) is 12.3 Å². The molecule has 0 spiro atoms. The molecule has 1 aliphatic rings. The Kier molecular flexibility index (Phi) is 3.62. The first kappa shape index (κ1) is 12.6. The van der Waals surface area contributed by atoms with E-state index >= 15 is 0 Å². The Balaban J connectivity index is 2.14. The predicted molar refractivity (Wildman–Crippen MR) is 63.1 cm³/mol. The van der Waals surface area contributed by atoms with Gasteiger partial charge in [-0.3, -0.25) is 4.79 Å². The number of carbonyl (C=O) groups is 2. The maximum atomic E-state index is 11.8. The van der Waals surface area contributed by atoms with E-state index in [9.17, 15) is 14.7 Å². The van der Waals surface area contributed by atoms with Crippen molar-refractivity contribution in [3.63, 3.8) is 0 Å². The van der Waals surface area contributed by atoms with Crippen LogP contribution < -0.4 is 10.4 Å². The van der Waals surface area contributed by atoms with Gasteiger partial charge in [0.2, 0.25) is 0 Å². The van der Waals surface area contributed by atoms with E-state index in [-0.39, 0.29) is 11.5 Å². The maximum Gasteiger partial charge on any atom is 0.253 e. The Morgan fingerprint density at radius 2 is 2.22 bits per heavy atom. The monoisotopic (exact) mass is 248 g/mol. The second-order valence-corrected chi connectivity index (χ2v) is 4.31. The number of anilines is 1. The fraction of sp³-hybridized carbons (Fsp3) is 0.385. The van der Waals surface area contributed by atoms with Crippen LogP contribution in [-0.4, -0.2) is 24.6 Å². The Bertz CT molecular complexity index is 478. The maximum absolute atomic E-state index is 11.8. The topological polar surface area (TPSA) is 78.5 Å². The number of aromatic carboxylic acids is 1. The van der Waals surface area contributed by atoms with Gasteiger partial charge in [-0.05, 0) is 37.0 Å². The Labute approximate surface area is 105 Å². The SMILES string of the molecule is Cc1ccc(C(=O)[O-])cc1NC(=O)[C@H]1CCCO1. The van der Waals surface area contributed by atoms with Gasteiger partial charge in [0.15, 0.2) is 0 Å². The largest absolute Gasteiger partial charge is 0.545 e. The molecule has 1 N–H and O–H groups in total. The highest BCUT2D eigenvalue weighted by atomic mass is 16.5. The van der Waals surface area contributed by atoms with Gasteiger partial charge in [-0.25, -0.2) is 0 Å². The average molecular weight is 248 g/mol. The third-order valence-electron chi connectivity index (χ3n) is 2.95. The second kappa shape index (κ2) is 5.18. The van der Waals surface area contributed by atoms with Crippen molar-refractivity contribution >= 4 is 17.6 Å². The Hall–Kier alpha value is -1.88. The third-order valence-corrected chi connectivity index (χ3v) is 2.95. The Morgan fingerprint density at radius 3 is 2.83 bits per heavy atom. The molecule has 1 heterocycles. The molecule has 0 saturated carbocycles. The van der Waals surface area contributed by atoms with E-state index in [1.807, 2.05) is 0 Å². The van der Waals surface area contributed by atoms with Crippen molar-refractivity contribution in [2.24, 2.45) is 0 Å². The molecule has 0 bridgehead atoms. The fourth-order valence-electron chi connectivity index (χ4n) is 1.88. The minimum absolute atomic E-state index is 0.0447. The number of amides is 1. The minimum Gasteiger partial charge on any atom is -0.545 e. The molecular weight excluding hydrogens is 234 g/mol. The summed E-state index contributed by atoms with van der Waals surface area (Å²) in [4.78, 5) is 22.6. The van der Waals surface area contributed by atoms with Gasteiger partial charge in [0.1, 0.15) is 6.10 Å². The predicted octanol–water partition coefficient (Wildman–Crippen LogP) is 0.476. The van der Waals surface area contributed by atoms with Gasteiger partial charge in [-0.2, -0.15) is 0 Å². The molecular formula is C13H14NO4-. The molecule has 1 saturated heterocycles. The first-order valence-electron chi connectivity index (χ1n) is 5.82. The summed E-state index contributed by atoms with van der Waals surface area (Å²) in [6, 6.07) is 4.49. The van der Waals surface area contributed by atoms with Crippen LogP contribution in [0.25, 0.3) is 0 Å². The molecule has 1 amide bonds. The first-order chi connectivity index (χ1) is 8.58. The smallest absolute Gasteiger partial charge is 0.253 e. The number of aryl methyl sites for hydroxylation is 1. The minimum atomic E-state index is -1.26. The lowest BCUT2D eigenvalue weighted by Crippen LogP contribution is -2.27. The van der Waals surface area contributed by atoms with Gasteiger partial charge in [-0.1, -0.05) is 12.1 Å². The van der Waals surface area contributed by atoms with Gasteiger partial charge in [-0.15, -0.1) is 0 Å². The van der Waals surface area contributed by atoms with Crippen molar-refractivity contribution in [2.75, 3.05) is 11.9 Å². The van der Waals surface area contributed by atoms with E-state index < -0.39 is 12.1 Å². The molecule has 1 aromatic carbocycles. The summed E-state index contributed by atoms with van der Waals surface area (Å²) in [5, 5.41) is 13.5. The number of hydrogen-bond donors (Lipinski definition) is 1. The zero-order chi connectivity index (χ0) is 13.1. The van der Waals surface area contributed by atoms with E-state index in [0.717, 1.165) is 12.0 Å². The van der Waals surface area contributed by atoms with Crippen LogP contribution in [0.15, 0.2) is 18.2 Å². The van der Waals surface area contributed by atoms with Gasteiger partial charge < -0.3 is 20.0 Å². The third kappa shape index (κ3) is 2.68. The molecule has 1 aliphatic heterocycles. The number of rotatable bonds is 3. The molecule has 0 aromatic heterocycles. The highest BCUT2D eigenvalue weighted by Crippen LogP contribution is 2.19. The number of carbonyl (C=O) groups excluding carboxylic acids is 2. The number of ether oxygens (including phenoxy) is 1. The molecule has 2 rings (SSSR count). The van der Waals surface area contributed by atoms with E-state index in [4.69, 9.17) is 4.74 Å². The van der Waals surface area contributed by atoms with Crippen molar-refractivity contribution in [3.8, 4) is 0 Å². The van der Waals surface area contributed by atoms with Crippen LogP contribution in [-0.2, 0) is 9.53 Å². The molecule has 1 atom stereocenters. The van der Waals surface area contributed by atoms with Crippen LogP contribution in [0.3, 0.4) is 0 Å². The average Bonchev–Trinajstić information content (AvgIpc) is 2.85. The van der Waals surface area contributed by atoms with Gasteiger partial charge >= 0.3 is 0 Å². The lowest BCUT2D eigenvalue weighted by atomic mass is 10.1. The molecule has 0 aliphatic carbocycles. The normalized spacial score (nSPS) is 18.6. The molecule has 5 heteroatoms. The van der Waals surface area contributed by atoms with Crippen LogP contribution in [0.2, 0.25) is 0 Å². The van der Waals surface area contributed by atoms with Crippen molar-refractivity contribution in [1.29, 1.82) is 0 Å². The summed E-state index contributed by atoms with van der Waals surface area (Å²) < 4.78 is 5.26. The van der Waals surface area contributed by atoms with Crippen molar-refractivity contribution in [1.82, 2.24) is 0 Å². The quantitative estimate of drug-likeness (QED) is 0.843. The van der Waals surface area contributed by atoms with Crippen molar-refractivity contribution in [2.45, 2.75) is 25.9 Å². The van der Waals surface area contributed by atoms with Gasteiger partial charge in [0.05, 0.1) is 5.97 Å². The number of hydrogen-bond acceptors (Lipinski definition) is 4. The summed E-state index contributed by atoms with van der Waals surface area (Å²) in [7, 11) is 0. The number of benzene rings is 1. The van der Waals surface area contributed by atoms with Crippen LogP contribution in [0.4, 0.5) is 5.69 Å². The first-order valence-corrected chi connectivity index (χ1v) is 5.82. The summed E-state index contributed by atoms with van der Waals surface area (Å²) in [5.74, 6) is -1.49. The second-order valence-electron chi connectivity index (χ2n) is 4.31. The lowest BCUT2D eigenvalue weighted by molar-refractivity contribution is -0.255. The van der Waals surface area contributed by atoms with E-state index in [2.05, 4.69) is 5.32 Å². The van der Waals surface area contributed by atoms with Gasteiger partial charge in [0.25, 0.3) is 5.91 Å². The summed E-state index contributed by atoms with van der Waals surface area (Å²) in [5.41, 5.74) is 1.33. The lowest BCUT2D eigenvalue weighted by Gasteiger charge is -2.14. The van der Waals surface area contributed by atoms with Crippen molar-refractivity contribution in [3.05, 3.63) is 29.3 Å². The molecule has 0 unspecified atom stereocenters. The number of carboxylic acids is 1. The zero-order valence-corrected chi connectivity index (χ0v) is 10.1. The van der Waals surface area contributed by atoms with E-state index in [1.165, 1.54) is 12.1 Å². The molecule has 96 valence electrons. The molecule has 5 nitrogen and oxygen atoms in total. The fourth-order valence-corrected chi connectivity index (χ4v) is 1.88. The Morgan fingerprint density at radius 1 is 1.44 bits per heavy atom. The van der Waals surface area contributed by atoms with Crippen molar-refractivity contribution < 1.29 is 19.4 Å². The molecule has 1 fully saturated rings. The van der Waals surface area contributed by atoms with Crippen LogP contribution in [0.5, 0.6) is 0 Å². The van der Waals surface area contributed by atoms with Crippen LogP contribution >= 0.6 is 0 Å². The number of carboxylic acid groups (broad SMARTS) is 1. The summed E-state index contributed by atoms with van der Waals surface area (Å²) >= 11 is 0. The molecule has 0 radical (unpaired) electrons. The van der Waals surface area contributed by atoms with E-state index in [1.54, 1.807) is 13.0 Å². The van der Waals surface area contributed by atoms with E-state index in [0.29, 0.717) is 18.7 Å². The van der Waals surface area contributed by atoms with Crippen LogP contribution in [0.1, 0.15) is 28.8 Å². The van der Waals surface area contributed by atoms with Crippen LogP contribution in [0, 0.1) is 6.92 Å². The summed E-state index contributed by atoms with van der Waals surface area (Å²) in [6.07, 6.45) is 1.14. The highest BCUT2D eigenvalue weighted by Gasteiger charge is 2.23. The zero-order valence-electron chi connectivity index (χ0n) is 10.1.